The van der Waals surface area contributed by atoms with Crippen molar-refractivity contribution in [1.82, 2.24) is 14.6 Å². The molecule has 0 aliphatic rings. The highest BCUT2D eigenvalue weighted by atomic mass is 19.4. The van der Waals surface area contributed by atoms with E-state index < -0.39 is 18.6 Å². The summed E-state index contributed by atoms with van der Waals surface area (Å²) in [5.74, 6) is -1.70. The summed E-state index contributed by atoms with van der Waals surface area (Å²) in [6, 6.07) is 1.61. The summed E-state index contributed by atoms with van der Waals surface area (Å²) in [6.07, 6.45) is -0.413. The molecule has 0 bridgehead atoms. The van der Waals surface area contributed by atoms with E-state index in [4.69, 9.17) is 5.73 Å². The molecule has 0 radical (unpaired) electrons. The summed E-state index contributed by atoms with van der Waals surface area (Å²) < 4.78 is 39.1. The van der Waals surface area contributed by atoms with Gasteiger partial charge in [0.05, 0.1) is 12.1 Å². The lowest BCUT2D eigenvalue weighted by molar-refractivity contribution is -0.148. The Morgan fingerprint density at radius 1 is 1.44 bits per heavy atom. The molecule has 0 saturated carbocycles. The van der Waals surface area contributed by atoms with E-state index in [0.29, 0.717) is 5.65 Å². The largest absolute Gasteiger partial charge is 0.397 e. The van der Waals surface area contributed by atoms with Gasteiger partial charge in [0.1, 0.15) is 0 Å². The van der Waals surface area contributed by atoms with Gasteiger partial charge in [-0.15, -0.1) is 0 Å². The van der Waals surface area contributed by atoms with E-state index >= 15 is 0 Å². The first-order valence-electron chi connectivity index (χ1n) is 4.58. The highest BCUT2D eigenvalue weighted by Gasteiger charge is 2.40. The molecular weight excluding hydrogens is 221 g/mol. The second-order valence-electron chi connectivity index (χ2n) is 3.35. The van der Waals surface area contributed by atoms with Crippen LogP contribution in [0, 0.1) is 0 Å². The minimum absolute atomic E-state index is 0.0196. The van der Waals surface area contributed by atoms with E-state index in [2.05, 4.69) is 10.1 Å². The topological polar surface area (TPSA) is 56.2 Å². The van der Waals surface area contributed by atoms with Crippen molar-refractivity contribution in [2.75, 3.05) is 6.54 Å². The molecule has 0 fully saturated rings. The number of hydrogen-bond acceptors (Lipinski definition) is 3. The third kappa shape index (κ3) is 1.85. The van der Waals surface area contributed by atoms with Crippen LogP contribution in [0.3, 0.4) is 0 Å². The zero-order valence-electron chi connectivity index (χ0n) is 8.15. The molecule has 4 nitrogen and oxygen atoms in total. The van der Waals surface area contributed by atoms with Crippen molar-refractivity contribution in [1.29, 1.82) is 0 Å². The fourth-order valence-electron chi connectivity index (χ4n) is 1.46. The monoisotopic (exact) mass is 230 g/mol. The molecule has 0 aromatic carbocycles. The number of aromatic nitrogens is 3. The van der Waals surface area contributed by atoms with Crippen molar-refractivity contribution >= 4 is 5.65 Å². The van der Waals surface area contributed by atoms with Crippen LogP contribution in [-0.4, -0.2) is 27.3 Å². The smallest absolute Gasteiger partial charge is 0.330 e. The van der Waals surface area contributed by atoms with Crippen LogP contribution in [0.4, 0.5) is 13.2 Å². The van der Waals surface area contributed by atoms with Crippen LogP contribution >= 0.6 is 0 Å². The minimum atomic E-state index is -4.36. The van der Waals surface area contributed by atoms with Crippen LogP contribution in [0.1, 0.15) is 11.5 Å². The van der Waals surface area contributed by atoms with Gasteiger partial charge in [0.15, 0.2) is 5.65 Å². The third-order valence-corrected chi connectivity index (χ3v) is 2.30. The van der Waals surface area contributed by atoms with Crippen molar-refractivity contribution in [3.63, 3.8) is 0 Å². The Balaban J connectivity index is 2.45. The average Bonchev–Trinajstić information content (AvgIpc) is 2.63. The van der Waals surface area contributed by atoms with Crippen molar-refractivity contribution in [3.05, 3.63) is 30.2 Å². The number of hydrogen-bond donors (Lipinski definition) is 1. The lowest BCUT2D eigenvalue weighted by Crippen LogP contribution is -2.28. The highest BCUT2D eigenvalue weighted by Crippen LogP contribution is 2.33. The van der Waals surface area contributed by atoms with E-state index in [9.17, 15) is 13.2 Å². The van der Waals surface area contributed by atoms with Gasteiger partial charge < -0.3 is 5.73 Å². The summed E-state index contributed by atoms with van der Waals surface area (Å²) in [5.41, 5.74) is 5.65. The lowest BCUT2D eigenvalue weighted by Gasteiger charge is -2.18. The van der Waals surface area contributed by atoms with E-state index in [0.717, 1.165) is 0 Å². The summed E-state index contributed by atoms with van der Waals surface area (Å²) in [5, 5.41) is 3.82. The normalized spacial score (nSPS) is 14.2. The number of nitrogens with zero attached hydrogens (tertiary/aromatic N) is 3. The second-order valence-corrected chi connectivity index (χ2v) is 3.35. The fraction of sp³-hybridized carbons (Fsp3) is 0.333. The standard InChI is InChI=1S/C9H9F3N4/c10-9(11,12)7(3-13)6-4-14-8-1-2-15-16(8)5-6/h1-2,4-5,7H,3,13H2. The highest BCUT2D eigenvalue weighted by molar-refractivity contribution is 5.36. The van der Waals surface area contributed by atoms with Gasteiger partial charge in [-0.1, -0.05) is 0 Å². The molecule has 0 amide bonds. The Bertz CT molecular complexity index is 491. The van der Waals surface area contributed by atoms with Crippen LogP contribution < -0.4 is 5.73 Å². The minimum Gasteiger partial charge on any atom is -0.330 e. The van der Waals surface area contributed by atoms with Gasteiger partial charge >= 0.3 is 6.18 Å². The first kappa shape index (κ1) is 10.9. The zero-order chi connectivity index (χ0) is 11.8. The molecular formula is C9H9F3N4. The molecule has 86 valence electrons. The summed E-state index contributed by atoms with van der Waals surface area (Å²) >= 11 is 0. The van der Waals surface area contributed by atoms with Gasteiger partial charge in [0, 0.05) is 30.6 Å². The summed E-state index contributed by atoms with van der Waals surface area (Å²) in [4.78, 5) is 3.87. The van der Waals surface area contributed by atoms with Crippen molar-refractivity contribution in [2.24, 2.45) is 5.73 Å². The number of nitrogens with two attached hydrogens (primary N) is 1. The van der Waals surface area contributed by atoms with Crippen molar-refractivity contribution in [3.8, 4) is 0 Å². The molecule has 1 atom stereocenters. The maximum atomic E-state index is 12.6. The molecule has 7 heteroatoms. The van der Waals surface area contributed by atoms with Crippen molar-refractivity contribution < 1.29 is 13.2 Å². The number of halogens is 3. The Kier molecular flexibility index (Phi) is 2.55. The Morgan fingerprint density at radius 3 is 2.81 bits per heavy atom. The van der Waals surface area contributed by atoms with E-state index in [-0.39, 0.29) is 5.56 Å². The number of alkyl halides is 3. The molecule has 2 aromatic rings. The van der Waals surface area contributed by atoms with Crippen LogP contribution in [0.25, 0.3) is 5.65 Å². The number of rotatable bonds is 2. The second kappa shape index (κ2) is 3.75. The van der Waals surface area contributed by atoms with Gasteiger partial charge in [-0.3, -0.25) is 0 Å². The first-order chi connectivity index (χ1) is 7.52. The molecule has 2 aromatic heterocycles. The summed E-state index contributed by atoms with van der Waals surface area (Å²) in [6.45, 7) is -0.502. The third-order valence-electron chi connectivity index (χ3n) is 2.30. The van der Waals surface area contributed by atoms with Crippen LogP contribution in [0.2, 0.25) is 0 Å². The van der Waals surface area contributed by atoms with Gasteiger partial charge in [-0.05, 0) is 0 Å². The molecule has 0 saturated heterocycles. The molecule has 0 spiro atoms. The lowest BCUT2D eigenvalue weighted by atomic mass is 10.0. The predicted octanol–water partition coefficient (Wildman–Crippen LogP) is 1.33. The SMILES string of the molecule is NCC(c1cnc2ccnn2c1)C(F)(F)F. The quantitative estimate of drug-likeness (QED) is 0.846. The maximum absolute atomic E-state index is 12.6. The van der Waals surface area contributed by atoms with Crippen LogP contribution in [0.15, 0.2) is 24.7 Å². The summed E-state index contributed by atoms with van der Waals surface area (Å²) in [7, 11) is 0. The van der Waals surface area contributed by atoms with E-state index in [1.807, 2.05) is 0 Å². The first-order valence-corrected chi connectivity index (χ1v) is 4.58. The van der Waals surface area contributed by atoms with Gasteiger partial charge in [0.25, 0.3) is 0 Å². The zero-order valence-corrected chi connectivity index (χ0v) is 8.15. The van der Waals surface area contributed by atoms with Crippen LogP contribution in [0.5, 0.6) is 0 Å². The van der Waals surface area contributed by atoms with Gasteiger partial charge in [0.2, 0.25) is 0 Å². The number of fused-ring (bicyclic) bond motifs is 1. The molecule has 2 rings (SSSR count). The molecule has 0 aliphatic heterocycles. The van der Waals surface area contributed by atoms with Crippen molar-refractivity contribution in [2.45, 2.75) is 12.1 Å². The molecule has 2 heterocycles. The maximum Gasteiger partial charge on any atom is 0.397 e. The van der Waals surface area contributed by atoms with E-state index in [1.165, 1.54) is 23.1 Å². The van der Waals surface area contributed by atoms with Crippen LogP contribution in [-0.2, 0) is 0 Å². The predicted molar refractivity (Wildman–Crippen MR) is 50.8 cm³/mol. The molecule has 16 heavy (non-hydrogen) atoms. The molecule has 1 unspecified atom stereocenters. The molecule has 0 aliphatic carbocycles. The Morgan fingerprint density at radius 2 is 2.19 bits per heavy atom. The molecule has 2 N–H and O–H groups in total. The van der Waals surface area contributed by atoms with E-state index in [1.54, 1.807) is 6.07 Å². The van der Waals surface area contributed by atoms with Gasteiger partial charge in [-0.2, -0.15) is 18.3 Å². The van der Waals surface area contributed by atoms with Gasteiger partial charge in [-0.25, -0.2) is 9.50 Å². The Labute approximate surface area is 88.9 Å². The Hall–Kier alpha value is -1.63. The fourth-order valence-corrected chi connectivity index (χ4v) is 1.46. The average molecular weight is 230 g/mol.